The molecule has 1 aliphatic rings. The van der Waals surface area contributed by atoms with Crippen LogP contribution >= 0.6 is 0 Å². The van der Waals surface area contributed by atoms with E-state index in [-0.39, 0.29) is 0 Å². The molecule has 0 aromatic rings. The Morgan fingerprint density at radius 2 is 2.12 bits per heavy atom. The fourth-order valence-electron chi connectivity index (χ4n) is 2.64. The Bertz CT molecular complexity index is 197. The van der Waals surface area contributed by atoms with Crippen LogP contribution in [-0.4, -0.2) is 49.8 Å². The van der Waals surface area contributed by atoms with E-state index >= 15 is 0 Å². The SMILES string of the molecule is CCCNC1CCOCC1N(C)C(C)CCC. The zero-order valence-corrected chi connectivity index (χ0v) is 12.0. The summed E-state index contributed by atoms with van der Waals surface area (Å²) in [7, 11) is 2.25. The second kappa shape index (κ2) is 8.06. The number of nitrogens with one attached hydrogen (secondary N) is 1. The zero-order chi connectivity index (χ0) is 12.7. The number of nitrogens with zero attached hydrogens (tertiary/aromatic N) is 1. The lowest BCUT2D eigenvalue weighted by molar-refractivity contribution is -0.00716. The number of ether oxygens (including phenoxy) is 1. The molecule has 17 heavy (non-hydrogen) atoms. The van der Waals surface area contributed by atoms with Gasteiger partial charge < -0.3 is 10.1 Å². The number of hydrogen-bond donors (Lipinski definition) is 1. The van der Waals surface area contributed by atoms with Crippen molar-refractivity contribution in [2.45, 2.75) is 64.6 Å². The van der Waals surface area contributed by atoms with Crippen molar-refractivity contribution in [2.24, 2.45) is 0 Å². The van der Waals surface area contributed by atoms with E-state index in [0.717, 1.165) is 26.2 Å². The molecule has 0 radical (unpaired) electrons. The van der Waals surface area contributed by atoms with Gasteiger partial charge in [0.25, 0.3) is 0 Å². The lowest BCUT2D eigenvalue weighted by Gasteiger charge is -2.41. The largest absolute Gasteiger partial charge is 0.380 e. The van der Waals surface area contributed by atoms with Crippen molar-refractivity contribution < 1.29 is 4.74 Å². The molecule has 1 N–H and O–H groups in total. The maximum Gasteiger partial charge on any atom is 0.0637 e. The standard InChI is InChI=1S/C14H30N2O/c1-5-7-12(3)16(4)14-11-17-10-8-13(14)15-9-6-2/h12-15H,5-11H2,1-4H3. The molecule has 102 valence electrons. The minimum Gasteiger partial charge on any atom is -0.380 e. The Balaban J connectivity index is 2.50. The van der Waals surface area contributed by atoms with Crippen LogP contribution in [0.15, 0.2) is 0 Å². The number of hydrogen-bond acceptors (Lipinski definition) is 3. The van der Waals surface area contributed by atoms with Gasteiger partial charge in [0.2, 0.25) is 0 Å². The molecule has 0 saturated carbocycles. The number of rotatable bonds is 7. The molecule has 1 heterocycles. The Morgan fingerprint density at radius 1 is 1.35 bits per heavy atom. The summed E-state index contributed by atoms with van der Waals surface area (Å²) in [5.74, 6) is 0. The third-order valence-corrected chi connectivity index (χ3v) is 3.91. The summed E-state index contributed by atoms with van der Waals surface area (Å²) >= 11 is 0. The highest BCUT2D eigenvalue weighted by atomic mass is 16.5. The van der Waals surface area contributed by atoms with Crippen molar-refractivity contribution >= 4 is 0 Å². The average Bonchev–Trinajstić information content (AvgIpc) is 2.36. The van der Waals surface area contributed by atoms with Crippen LogP contribution in [0.2, 0.25) is 0 Å². The summed E-state index contributed by atoms with van der Waals surface area (Å²) in [5.41, 5.74) is 0. The topological polar surface area (TPSA) is 24.5 Å². The molecule has 0 amide bonds. The third kappa shape index (κ3) is 4.57. The third-order valence-electron chi connectivity index (χ3n) is 3.91. The first-order chi connectivity index (χ1) is 8.20. The van der Waals surface area contributed by atoms with E-state index in [4.69, 9.17) is 4.74 Å². The molecule has 1 saturated heterocycles. The summed E-state index contributed by atoms with van der Waals surface area (Å²) in [6, 6.07) is 1.79. The zero-order valence-electron chi connectivity index (χ0n) is 12.0. The molecule has 3 atom stereocenters. The Kier molecular flexibility index (Phi) is 7.09. The van der Waals surface area contributed by atoms with Gasteiger partial charge in [-0.25, -0.2) is 0 Å². The average molecular weight is 242 g/mol. The quantitative estimate of drug-likeness (QED) is 0.741. The lowest BCUT2D eigenvalue weighted by Crippen LogP contribution is -2.56. The molecule has 3 nitrogen and oxygen atoms in total. The molecule has 3 heteroatoms. The highest BCUT2D eigenvalue weighted by molar-refractivity contribution is 4.87. The Labute approximate surface area is 107 Å². The van der Waals surface area contributed by atoms with E-state index in [1.807, 2.05) is 0 Å². The van der Waals surface area contributed by atoms with Gasteiger partial charge in [-0.1, -0.05) is 20.3 Å². The first-order valence-corrected chi connectivity index (χ1v) is 7.23. The molecule has 0 spiro atoms. The maximum atomic E-state index is 5.66. The van der Waals surface area contributed by atoms with Crippen molar-refractivity contribution in [1.29, 1.82) is 0 Å². The van der Waals surface area contributed by atoms with Crippen LogP contribution in [-0.2, 0) is 4.74 Å². The van der Waals surface area contributed by atoms with Gasteiger partial charge in [0.05, 0.1) is 6.61 Å². The fourth-order valence-corrected chi connectivity index (χ4v) is 2.64. The lowest BCUT2D eigenvalue weighted by atomic mass is 9.99. The van der Waals surface area contributed by atoms with E-state index in [9.17, 15) is 0 Å². The Hall–Kier alpha value is -0.120. The maximum absolute atomic E-state index is 5.66. The molecular weight excluding hydrogens is 212 g/mol. The first-order valence-electron chi connectivity index (χ1n) is 7.23. The van der Waals surface area contributed by atoms with Crippen LogP contribution < -0.4 is 5.32 Å². The van der Waals surface area contributed by atoms with Crippen LogP contribution in [0.4, 0.5) is 0 Å². The summed E-state index contributed by atoms with van der Waals surface area (Å²) < 4.78 is 5.66. The normalized spacial score (nSPS) is 27.4. The van der Waals surface area contributed by atoms with E-state index < -0.39 is 0 Å². The summed E-state index contributed by atoms with van der Waals surface area (Å²) in [5, 5.41) is 3.68. The molecule has 0 aromatic carbocycles. The van der Waals surface area contributed by atoms with Crippen molar-refractivity contribution in [3.05, 3.63) is 0 Å². The van der Waals surface area contributed by atoms with Crippen LogP contribution in [0.1, 0.15) is 46.5 Å². The van der Waals surface area contributed by atoms with Gasteiger partial charge in [-0.2, -0.15) is 0 Å². The highest BCUT2D eigenvalue weighted by Crippen LogP contribution is 2.17. The second-order valence-corrected chi connectivity index (χ2v) is 5.29. The predicted molar refractivity (Wildman–Crippen MR) is 73.4 cm³/mol. The van der Waals surface area contributed by atoms with Crippen LogP contribution in [0, 0.1) is 0 Å². The van der Waals surface area contributed by atoms with E-state index in [1.165, 1.54) is 19.3 Å². The van der Waals surface area contributed by atoms with Gasteiger partial charge >= 0.3 is 0 Å². The summed E-state index contributed by atoms with van der Waals surface area (Å²) in [6.45, 7) is 9.73. The van der Waals surface area contributed by atoms with Crippen molar-refractivity contribution in [3.8, 4) is 0 Å². The monoisotopic (exact) mass is 242 g/mol. The summed E-state index contributed by atoms with van der Waals surface area (Å²) in [6.07, 6.45) is 4.88. The number of likely N-dealkylation sites (N-methyl/N-ethyl adjacent to an activating group) is 1. The van der Waals surface area contributed by atoms with E-state index in [0.29, 0.717) is 18.1 Å². The van der Waals surface area contributed by atoms with E-state index in [1.54, 1.807) is 0 Å². The van der Waals surface area contributed by atoms with Gasteiger partial charge in [0.1, 0.15) is 0 Å². The Morgan fingerprint density at radius 3 is 2.76 bits per heavy atom. The van der Waals surface area contributed by atoms with Crippen LogP contribution in [0.5, 0.6) is 0 Å². The minimum atomic E-state index is 0.539. The molecular formula is C14H30N2O. The van der Waals surface area contributed by atoms with Crippen molar-refractivity contribution in [1.82, 2.24) is 10.2 Å². The van der Waals surface area contributed by atoms with Gasteiger partial charge in [0.15, 0.2) is 0 Å². The van der Waals surface area contributed by atoms with Crippen molar-refractivity contribution in [2.75, 3.05) is 26.8 Å². The van der Waals surface area contributed by atoms with Gasteiger partial charge in [-0.3, -0.25) is 4.90 Å². The molecule has 3 unspecified atom stereocenters. The molecule has 0 bridgehead atoms. The molecule has 1 fully saturated rings. The predicted octanol–water partition coefficient (Wildman–Crippen LogP) is 2.26. The van der Waals surface area contributed by atoms with Crippen LogP contribution in [0.3, 0.4) is 0 Å². The van der Waals surface area contributed by atoms with E-state index in [2.05, 4.69) is 38.0 Å². The minimum absolute atomic E-state index is 0.539. The van der Waals surface area contributed by atoms with Crippen molar-refractivity contribution in [3.63, 3.8) is 0 Å². The second-order valence-electron chi connectivity index (χ2n) is 5.29. The van der Waals surface area contributed by atoms with Gasteiger partial charge in [0, 0.05) is 24.7 Å². The van der Waals surface area contributed by atoms with Crippen LogP contribution in [0.25, 0.3) is 0 Å². The molecule has 0 aliphatic carbocycles. The smallest absolute Gasteiger partial charge is 0.0637 e. The first kappa shape index (κ1) is 14.9. The fraction of sp³-hybridized carbons (Fsp3) is 1.00. The molecule has 1 rings (SSSR count). The van der Waals surface area contributed by atoms with Gasteiger partial charge in [-0.05, 0) is 39.8 Å². The molecule has 1 aliphatic heterocycles. The highest BCUT2D eigenvalue weighted by Gasteiger charge is 2.30. The molecule has 0 aromatic heterocycles. The summed E-state index contributed by atoms with van der Waals surface area (Å²) in [4.78, 5) is 2.51. The van der Waals surface area contributed by atoms with Gasteiger partial charge in [-0.15, -0.1) is 0 Å².